The number of hydrogen-bond donors (Lipinski definition) is 1. The molecular formula is C13H13ClN2O. The van der Waals surface area contributed by atoms with E-state index in [1.165, 1.54) is 0 Å². The highest BCUT2D eigenvalue weighted by Crippen LogP contribution is 2.21. The van der Waals surface area contributed by atoms with Gasteiger partial charge in [0.25, 0.3) is 0 Å². The number of rotatable bonds is 3. The van der Waals surface area contributed by atoms with Crippen LogP contribution >= 0.6 is 11.6 Å². The highest BCUT2D eigenvalue weighted by molar-refractivity contribution is 6.35. The normalized spacial score (nSPS) is 10.5. The molecule has 0 saturated carbocycles. The van der Waals surface area contributed by atoms with Gasteiger partial charge in [0.1, 0.15) is 0 Å². The van der Waals surface area contributed by atoms with Gasteiger partial charge in [0.2, 0.25) is 5.91 Å². The van der Waals surface area contributed by atoms with E-state index in [9.17, 15) is 4.79 Å². The van der Waals surface area contributed by atoms with Gasteiger partial charge in [0.05, 0.1) is 22.7 Å². The molecule has 1 amide bonds. The first kappa shape index (κ1) is 11.9. The van der Waals surface area contributed by atoms with E-state index >= 15 is 0 Å². The van der Waals surface area contributed by atoms with Gasteiger partial charge in [0, 0.05) is 11.9 Å². The molecule has 0 saturated heterocycles. The lowest BCUT2D eigenvalue weighted by Gasteiger charge is -2.04. The second-order valence-electron chi connectivity index (χ2n) is 3.74. The van der Waals surface area contributed by atoms with Crippen molar-refractivity contribution < 1.29 is 4.79 Å². The van der Waals surface area contributed by atoms with Crippen molar-refractivity contribution in [2.75, 3.05) is 6.54 Å². The Kier molecular flexibility index (Phi) is 3.59. The van der Waals surface area contributed by atoms with E-state index in [-0.39, 0.29) is 12.3 Å². The molecule has 1 N–H and O–H groups in total. The van der Waals surface area contributed by atoms with Crippen LogP contribution in [0.2, 0.25) is 5.02 Å². The molecule has 1 heterocycles. The summed E-state index contributed by atoms with van der Waals surface area (Å²) in [7, 11) is 0. The number of fused-ring (bicyclic) bond motifs is 1. The summed E-state index contributed by atoms with van der Waals surface area (Å²) in [5, 5.41) is 4.34. The molecule has 0 aliphatic carbocycles. The number of aromatic nitrogens is 1. The fourth-order valence-electron chi connectivity index (χ4n) is 1.67. The molecule has 2 aromatic rings. The van der Waals surface area contributed by atoms with Crippen LogP contribution in [0.5, 0.6) is 0 Å². The van der Waals surface area contributed by atoms with Gasteiger partial charge in [0.15, 0.2) is 0 Å². The first-order chi connectivity index (χ1) is 8.20. The summed E-state index contributed by atoms with van der Waals surface area (Å²) in [6.45, 7) is 2.52. The van der Waals surface area contributed by atoms with Crippen molar-refractivity contribution in [1.29, 1.82) is 0 Å². The number of benzene rings is 1. The summed E-state index contributed by atoms with van der Waals surface area (Å²) < 4.78 is 0. The van der Waals surface area contributed by atoms with Gasteiger partial charge in [-0.3, -0.25) is 9.78 Å². The first-order valence-corrected chi connectivity index (χ1v) is 5.89. The van der Waals surface area contributed by atoms with Crippen molar-refractivity contribution in [3.8, 4) is 0 Å². The molecule has 17 heavy (non-hydrogen) atoms. The number of para-hydroxylation sites is 1. The Morgan fingerprint density at radius 2 is 2.18 bits per heavy atom. The van der Waals surface area contributed by atoms with Crippen molar-refractivity contribution >= 4 is 28.4 Å². The van der Waals surface area contributed by atoms with Crippen LogP contribution in [-0.4, -0.2) is 17.4 Å². The highest BCUT2D eigenvalue weighted by atomic mass is 35.5. The summed E-state index contributed by atoms with van der Waals surface area (Å²) >= 11 is 6.06. The van der Waals surface area contributed by atoms with Crippen LogP contribution in [0.3, 0.4) is 0 Å². The van der Waals surface area contributed by atoms with E-state index in [0.29, 0.717) is 11.6 Å². The van der Waals surface area contributed by atoms with Crippen LogP contribution in [-0.2, 0) is 11.2 Å². The maximum atomic E-state index is 11.4. The molecule has 4 heteroatoms. The number of carbonyl (C=O) groups excluding carboxylic acids is 1. The molecule has 0 atom stereocenters. The molecule has 2 rings (SSSR count). The van der Waals surface area contributed by atoms with Crippen LogP contribution in [0.25, 0.3) is 10.9 Å². The minimum Gasteiger partial charge on any atom is -0.356 e. The van der Waals surface area contributed by atoms with Gasteiger partial charge in [-0.1, -0.05) is 29.8 Å². The molecule has 0 aliphatic rings. The van der Waals surface area contributed by atoms with Gasteiger partial charge in [-0.15, -0.1) is 0 Å². The fourth-order valence-corrected chi connectivity index (χ4v) is 1.90. The number of pyridine rings is 1. The molecule has 0 spiro atoms. The predicted octanol–water partition coefficient (Wildman–Crippen LogP) is 2.57. The van der Waals surface area contributed by atoms with Crippen molar-refractivity contribution in [1.82, 2.24) is 10.3 Å². The Morgan fingerprint density at radius 1 is 1.35 bits per heavy atom. The lowest BCUT2D eigenvalue weighted by atomic mass is 10.2. The van der Waals surface area contributed by atoms with E-state index < -0.39 is 0 Å². The van der Waals surface area contributed by atoms with Crippen molar-refractivity contribution in [2.24, 2.45) is 0 Å². The average molecular weight is 249 g/mol. The Morgan fingerprint density at radius 3 is 2.94 bits per heavy atom. The lowest BCUT2D eigenvalue weighted by Crippen LogP contribution is -2.24. The summed E-state index contributed by atoms with van der Waals surface area (Å²) in [5.41, 5.74) is 1.48. The highest BCUT2D eigenvalue weighted by Gasteiger charge is 2.06. The molecule has 3 nitrogen and oxygen atoms in total. The van der Waals surface area contributed by atoms with E-state index in [4.69, 9.17) is 11.6 Å². The van der Waals surface area contributed by atoms with E-state index in [1.807, 2.05) is 31.2 Å². The molecular weight excluding hydrogens is 236 g/mol. The number of carbonyl (C=O) groups is 1. The minimum atomic E-state index is -0.0218. The standard InChI is InChI=1S/C13H13ClN2O/c1-2-15-12(17)8-10-7-6-9-4-3-5-11(14)13(9)16-10/h3-7H,2,8H2,1H3,(H,15,17). The van der Waals surface area contributed by atoms with Crippen molar-refractivity contribution in [3.63, 3.8) is 0 Å². The van der Waals surface area contributed by atoms with Crippen LogP contribution in [0.1, 0.15) is 12.6 Å². The monoisotopic (exact) mass is 248 g/mol. The van der Waals surface area contributed by atoms with Gasteiger partial charge >= 0.3 is 0 Å². The lowest BCUT2D eigenvalue weighted by molar-refractivity contribution is -0.120. The fraction of sp³-hybridized carbons (Fsp3) is 0.231. The Hall–Kier alpha value is -1.61. The van der Waals surface area contributed by atoms with Gasteiger partial charge in [-0.05, 0) is 19.1 Å². The summed E-state index contributed by atoms with van der Waals surface area (Å²) in [5.74, 6) is -0.0218. The quantitative estimate of drug-likeness (QED) is 0.907. The third-order valence-electron chi connectivity index (χ3n) is 2.44. The molecule has 88 valence electrons. The Labute approximate surface area is 105 Å². The first-order valence-electron chi connectivity index (χ1n) is 5.51. The molecule has 0 radical (unpaired) electrons. The zero-order valence-electron chi connectivity index (χ0n) is 9.53. The zero-order valence-corrected chi connectivity index (χ0v) is 10.3. The number of halogens is 1. The second kappa shape index (κ2) is 5.15. The Bertz CT molecular complexity index is 554. The number of likely N-dealkylation sites (N-methyl/N-ethyl adjacent to an activating group) is 1. The Balaban J connectivity index is 2.31. The van der Waals surface area contributed by atoms with E-state index in [2.05, 4.69) is 10.3 Å². The molecule has 0 bridgehead atoms. The smallest absolute Gasteiger partial charge is 0.226 e. The SMILES string of the molecule is CCNC(=O)Cc1ccc2cccc(Cl)c2n1. The van der Waals surface area contributed by atoms with Crippen LogP contribution in [0.4, 0.5) is 0 Å². The minimum absolute atomic E-state index is 0.0218. The maximum Gasteiger partial charge on any atom is 0.226 e. The number of hydrogen-bond acceptors (Lipinski definition) is 2. The number of nitrogens with one attached hydrogen (secondary N) is 1. The largest absolute Gasteiger partial charge is 0.356 e. The number of amides is 1. The maximum absolute atomic E-state index is 11.4. The molecule has 0 fully saturated rings. The topological polar surface area (TPSA) is 42.0 Å². The third-order valence-corrected chi connectivity index (χ3v) is 2.75. The van der Waals surface area contributed by atoms with Crippen LogP contribution < -0.4 is 5.32 Å². The third kappa shape index (κ3) is 2.74. The molecule has 1 aromatic heterocycles. The van der Waals surface area contributed by atoms with E-state index in [1.54, 1.807) is 6.07 Å². The zero-order chi connectivity index (χ0) is 12.3. The van der Waals surface area contributed by atoms with E-state index in [0.717, 1.165) is 16.6 Å². The second-order valence-corrected chi connectivity index (χ2v) is 4.15. The summed E-state index contributed by atoms with van der Waals surface area (Å²) in [6, 6.07) is 9.42. The molecule has 0 aliphatic heterocycles. The average Bonchev–Trinajstić information content (AvgIpc) is 2.30. The number of nitrogens with zero attached hydrogens (tertiary/aromatic N) is 1. The molecule has 0 unspecified atom stereocenters. The van der Waals surface area contributed by atoms with Gasteiger partial charge < -0.3 is 5.32 Å². The predicted molar refractivity (Wildman–Crippen MR) is 69.1 cm³/mol. The summed E-state index contributed by atoms with van der Waals surface area (Å²) in [4.78, 5) is 15.9. The van der Waals surface area contributed by atoms with Gasteiger partial charge in [-0.2, -0.15) is 0 Å². The van der Waals surface area contributed by atoms with Crippen molar-refractivity contribution in [3.05, 3.63) is 41.0 Å². The van der Waals surface area contributed by atoms with Crippen molar-refractivity contribution in [2.45, 2.75) is 13.3 Å². The molecule has 1 aromatic carbocycles. The van der Waals surface area contributed by atoms with Crippen LogP contribution in [0.15, 0.2) is 30.3 Å². The van der Waals surface area contributed by atoms with Crippen LogP contribution in [0, 0.1) is 0 Å². The summed E-state index contributed by atoms with van der Waals surface area (Å²) in [6.07, 6.45) is 0.287. The van der Waals surface area contributed by atoms with Gasteiger partial charge in [-0.25, -0.2) is 0 Å².